The van der Waals surface area contributed by atoms with Crippen LogP contribution in [0.4, 0.5) is 0 Å². The van der Waals surface area contributed by atoms with Gasteiger partial charge in [0.25, 0.3) is 5.91 Å². The summed E-state index contributed by atoms with van der Waals surface area (Å²) in [4.78, 5) is 50.1. The zero-order valence-corrected chi connectivity index (χ0v) is 25.8. The topological polar surface area (TPSA) is 134 Å². The van der Waals surface area contributed by atoms with Gasteiger partial charge in [0.15, 0.2) is 28.8 Å². The summed E-state index contributed by atoms with van der Waals surface area (Å²) >= 11 is 6.27. The molecule has 0 unspecified atom stereocenters. The average Bonchev–Trinajstić information content (AvgIpc) is 3.42. The molecule has 1 saturated heterocycles. The molecule has 2 aromatic carbocycles. The molecule has 10 nitrogen and oxygen atoms in total. The van der Waals surface area contributed by atoms with Gasteiger partial charge in [-0.3, -0.25) is 24.1 Å². The van der Waals surface area contributed by atoms with Crippen molar-refractivity contribution in [2.75, 3.05) is 34.9 Å². The van der Waals surface area contributed by atoms with Crippen LogP contribution in [0.5, 0.6) is 23.0 Å². The first-order valence-electron chi connectivity index (χ1n) is 13.0. The predicted molar refractivity (Wildman–Crippen MR) is 169 cm³/mol. The summed E-state index contributed by atoms with van der Waals surface area (Å²) in [6, 6.07) is 8.40. The Bertz CT molecular complexity index is 1540. The van der Waals surface area contributed by atoms with Crippen LogP contribution in [0.25, 0.3) is 12.2 Å². The average molecular weight is 625 g/mol. The Balaban J connectivity index is 0.000000238. The highest BCUT2D eigenvalue weighted by atomic mass is 32.2. The number of thiocarbonyl (C=S) groups is 1. The molecular weight excluding hydrogens is 592 g/mol. The molecule has 1 saturated carbocycles. The minimum atomic E-state index is -0.350. The summed E-state index contributed by atoms with van der Waals surface area (Å²) in [5.41, 5.74) is 2.36. The van der Waals surface area contributed by atoms with Gasteiger partial charge in [-0.05, 0) is 42.3 Å². The first kappa shape index (κ1) is 33.1. The molecule has 0 spiro atoms. The van der Waals surface area contributed by atoms with E-state index in [1.54, 1.807) is 56.6 Å². The number of benzene rings is 2. The first-order valence-corrected chi connectivity index (χ1v) is 14.2. The monoisotopic (exact) mass is 624 g/mol. The summed E-state index contributed by atoms with van der Waals surface area (Å²) in [5.74, 6) is -0.0761. The molecule has 2 aromatic rings. The maximum absolute atomic E-state index is 12.4. The van der Waals surface area contributed by atoms with Crippen LogP contribution >= 0.6 is 24.0 Å². The molecule has 4 rings (SSSR count). The lowest BCUT2D eigenvalue weighted by molar-refractivity contribution is -0.133. The van der Waals surface area contributed by atoms with Gasteiger partial charge in [-0.15, -0.1) is 6.58 Å². The smallest absolute Gasteiger partial charge is 0.266 e. The Morgan fingerprint density at radius 3 is 2.35 bits per heavy atom. The molecule has 2 fully saturated rings. The molecule has 2 N–H and O–H groups in total. The van der Waals surface area contributed by atoms with Gasteiger partial charge in [-0.2, -0.15) is 0 Å². The fourth-order valence-corrected chi connectivity index (χ4v) is 5.36. The van der Waals surface area contributed by atoms with Gasteiger partial charge in [0, 0.05) is 37.2 Å². The van der Waals surface area contributed by atoms with Crippen LogP contribution < -0.4 is 9.47 Å². The molecule has 0 atom stereocenters. The number of para-hydroxylation sites is 1. The third-order valence-corrected chi connectivity index (χ3v) is 7.79. The second kappa shape index (κ2) is 14.7. The van der Waals surface area contributed by atoms with Crippen molar-refractivity contribution in [3.8, 4) is 23.0 Å². The lowest BCUT2D eigenvalue weighted by Crippen LogP contribution is -2.38. The lowest BCUT2D eigenvalue weighted by atomic mass is 10.0. The molecular formula is C31H32N2O8S2. The number of ketones is 2. The number of ether oxygens (including phenoxy) is 2. The zero-order valence-electron chi connectivity index (χ0n) is 24.2. The van der Waals surface area contributed by atoms with Gasteiger partial charge in [0.1, 0.15) is 16.6 Å². The number of methoxy groups -OCH3 is 2. The van der Waals surface area contributed by atoms with E-state index in [2.05, 4.69) is 6.58 Å². The van der Waals surface area contributed by atoms with Crippen LogP contribution in [0.2, 0.25) is 0 Å². The van der Waals surface area contributed by atoms with Gasteiger partial charge < -0.3 is 24.6 Å². The number of Topliss-reactive ketones (excluding diaryl/α,β-unsaturated/α-hetero) is 2. The second-order valence-electron chi connectivity index (χ2n) is 9.66. The Hall–Kier alpha value is -4.42. The number of phenolic OH excluding ortho intramolecular Hbond substituents is 2. The molecule has 0 radical (unpaired) electrons. The van der Waals surface area contributed by atoms with E-state index in [1.807, 2.05) is 0 Å². The van der Waals surface area contributed by atoms with Crippen molar-refractivity contribution >= 4 is 63.8 Å². The summed E-state index contributed by atoms with van der Waals surface area (Å²) < 4.78 is 10.5. The Morgan fingerprint density at radius 1 is 1.07 bits per heavy atom. The number of allylic oxidation sites excluding steroid dienone is 2. The number of thioether (sulfide) groups is 1. The zero-order chi connectivity index (χ0) is 31.8. The van der Waals surface area contributed by atoms with Crippen molar-refractivity contribution in [3.05, 3.63) is 70.2 Å². The number of aromatic hydroxyl groups is 2. The van der Waals surface area contributed by atoms with Gasteiger partial charge in [-0.25, -0.2) is 0 Å². The highest BCUT2D eigenvalue weighted by Gasteiger charge is 2.34. The number of rotatable bonds is 8. The second-order valence-corrected chi connectivity index (χ2v) is 11.3. The van der Waals surface area contributed by atoms with Gasteiger partial charge in [0.05, 0.1) is 25.5 Å². The van der Waals surface area contributed by atoms with Crippen LogP contribution in [0.3, 0.4) is 0 Å². The summed E-state index contributed by atoms with van der Waals surface area (Å²) in [7, 11) is 6.15. The number of nitrogens with zero attached hydrogens (tertiary/aromatic N) is 2. The van der Waals surface area contributed by atoms with Crippen molar-refractivity contribution < 1.29 is 38.9 Å². The third-order valence-electron chi connectivity index (χ3n) is 6.41. The van der Waals surface area contributed by atoms with E-state index in [0.717, 1.165) is 17.3 Å². The van der Waals surface area contributed by atoms with E-state index in [1.165, 1.54) is 30.1 Å². The van der Waals surface area contributed by atoms with Crippen molar-refractivity contribution in [3.63, 3.8) is 0 Å². The quantitative estimate of drug-likeness (QED) is 0.191. The molecule has 43 heavy (non-hydrogen) atoms. The molecule has 2 aliphatic rings. The largest absolute Gasteiger partial charge is 0.504 e. The van der Waals surface area contributed by atoms with Crippen LogP contribution in [-0.2, 0) is 25.6 Å². The van der Waals surface area contributed by atoms with E-state index in [9.17, 15) is 29.4 Å². The minimum Gasteiger partial charge on any atom is -0.504 e. The van der Waals surface area contributed by atoms with Crippen LogP contribution in [0, 0.1) is 0 Å². The minimum absolute atomic E-state index is 0.0133. The number of carbonyl (C=O) groups excluding carboxylic acids is 4. The fraction of sp³-hybridized carbons (Fsp3) is 0.258. The molecule has 1 aliphatic heterocycles. The molecule has 12 heteroatoms. The highest BCUT2D eigenvalue weighted by Crippen LogP contribution is 2.37. The number of hydrogen-bond acceptors (Lipinski definition) is 10. The third kappa shape index (κ3) is 8.11. The van der Waals surface area contributed by atoms with E-state index in [-0.39, 0.29) is 54.3 Å². The summed E-state index contributed by atoms with van der Waals surface area (Å²) in [5, 5.41) is 20.1. The van der Waals surface area contributed by atoms with Crippen LogP contribution in [0.1, 0.15) is 29.5 Å². The number of hydrogen-bond donors (Lipinski definition) is 2. The van der Waals surface area contributed by atoms with Crippen molar-refractivity contribution in [1.82, 2.24) is 9.80 Å². The molecule has 0 bridgehead atoms. The van der Waals surface area contributed by atoms with Crippen molar-refractivity contribution in [2.24, 2.45) is 0 Å². The number of carbonyl (C=O) groups is 4. The first-order chi connectivity index (χ1) is 20.4. The maximum Gasteiger partial charge on any atom is 0.266 e. The highest BCUT2D eigenvalue weighted by molar-refractivity contribution is 8.26. The SMILES string of the molecule is C=CCc1cc(/C=C2/CC(=O)CC2=O)cc(OC)c1O.COc1cccc(/C=C2\SC(=S)N(CC(=O)N(C)C)C2=O)c1O. The van der Waals surface area contributed by atoms with Gasteiger partial charge >= 0.3 is 0 Å². The number of phenols is 2. The normalized spacial score (nSPS) is 16.4. The van der Waals surface area contributed by atoms with E-state index < -0.39 is 0 Å². The Morgan fingerprint density at radius 2 is 1.77 bits per heavy atom. The standard InChI is InChI=1S/C16H16O4.C15H16N2O4S2/c1-3-4-11-5-10(7-15(20-2)16(11)19)6-12-8-13(17)9-14(12)18;1-16(2)12(18)8-17-14(20)11(23-15(17)22)7-9-5-4-6-10(21-3)13(9)19/h3,5-7,19H,1,4,8-9H2,2H3;4-7,19H,8H2,1-3H3/b12-6-;11-7-. The molecule has 1 aliphatic carbocycles. The fourth-order valence-electron chi connectivity index (χ4n) is 4.11. The summed E-state index contributed by atoms with van der Waals surface area (Å²) in [6.45, 7) is 3.54. The number of likely N-dealkylation sites (N-methyl/N-ethyl adjacent to an activating group) is 1. The Labute approximate surface area is 259 Å². The van der Waals surface area contributed by atoms with Gasteiger partial charge in [0.2, 0.25) is 5.91 Å². The van der Waals surface area contributed by atoms with Gasteiger partial charge in [-0.1, -0.05) is 42.2 Å². The number of amides is 2. The summed E-state index contributed by atoms with van der Waals surface area (Å²) in [6.07, 6.45) is 5.56. The molecule has 0 aromatic heterocycles. The maximum atomic E-state index is 12.4. The predicted octanol–water partition coefficient (Wildman–Crippen LogP) is 4.13. The van der Waals surface area contributed by atoms with Crippen molar-refractivity contribution in [1.29, 1.82) is 0 Å². The molecule has 1 heterocycles. The van der Waals surface area contributed by atoms with Crippen LogP contribution in [-0.4, -0.2) is 82.6 Å². The van der Waals surface area contributed by atoms with E-state index in [0.29, 0.717) is 43.8 Å². The van der Waals surface area contributed by atoms with Crippen LogP contribution in [0.15, 0.2) is 53.5 Å². The Kier molecular flexibility index (Phi) is 11.3. The van der Waals surface area contributed by atoms with Crippen molar-refractivity contribution in [2.45, 2.75) is 19.3 Å². The van der Waals surface area contributed by atoms with E-state index >= 15 is 0 Å². The molecule has 226 valence electrons. The lowest BCUT2D eigenvalue weighted by Gasteiger charge is -2.17. The van der Waals surface area contributed by atoms with E-state index in [4.69, 9.17) is 21.7 Å². The molecule has 2 amide bonds.